The molecule has 6 nitrogen and oxygen atoms in total. The fourth-order valence-corrected chi connectivity index (χ4v) is 3.85. The Hall–Kier alpha value is -3.71. The highest BCUT2D eigenvalue weighted by Crippen LogP contribution is 2.40. The molecule has 0 aliphatic carbocycles. The van der Waals surface area contributed by atoms with E-state index in [1.54, 1.807) is 47.4 Å². The Bertz CT molecular complexity index is 1230. The van der Waals surface area contributed by atoms with E-state index in [1.165, 1.54) is 12.1 Å². The van der Waals surface area contributed by atoms with E-state index in [2.05, 4.69) is 11.7 Å². The number of halogens is 2. The van der Waals surface area contributed by atoms with Gasteiger partial charge in [0.1, 0.15) is 11.4 Å². The van der Waals surface area contributed by atoms with E-state index in [4.69, 9.17) is 22.1 Å². The van der Waals surface area contributed by atoms with Gasteiger partial charge in [-0.15, -0.1) is 0 Å². The van der Waals surface area contributed by atoms with Crippen LogP contribution in [0.2, 0.25) is 5.02 Å². The molecule has 4 rings (SSSR count). The number of carbonyl (C=O) groups excluding carboxylic acids is 2. The van der Waals surface area contributed by atoms with Crippen LogP contribution in [-0.2, 0) is 4.79 Å². The second kappa shape index (κ2) is 8.80. The van der Waals surface area contributed by atoms with Crippen molar-refractivity contribution in [2.45, 2.75) is 12.3 Å². The van der Waals surface area contributed by atoms with E-state index in [0.717, 1.165) is 5.56 Å². The normalized spacial score (nSPS) is 15.6. The lowest BCUT2D eigenvalue weighted by Crippen LogP contribution is -2.24. The van der Waals surface area contributed by atoms with Crippen molar-refractivity contribution in [2.24, 2.45) is 10.7 Å². The van der Waals surface area contributed by atoms with Crippen LogP contribution in [0.3, 0.4) is 0 Å². The molecule has 3 aromatic carbocycles. The van der Waals surface area contributed by atoms with E-state index in [1.807, 2.05) is 6.07 Å². The van der Waals surface area contributed by atoms with E-state index in [9.17, 15) is 14.0 Å². The molecule has 0 unspecified atom stereocenters. The fraction of sp³-hybridized carbons (Fsp3) is 0.125. The van der Waals surface area contributed by atoms with Crippen LogP contribution < -0.4 is 15.4 Å². The van der Waals surface area contributed by atoms with Crippen LogP contribution in [0.15, 0.2) is 65.7 Å². The third-order valence-electron chi connectivity index (χ3n) is 5.32. The van der Waals surface area contributed by atoms with Crippen LogP contribution in [0.4, 0.5) is 15.8 Å². The number of nitrogens with zero attached hydrogens (tertiary/aromatic N) is 2. The van der Waals surface area contributed by atoms with E-state index < -0.39 is 11.7 Å². The quantitative estimate of drug-likeness (QED) is 0.521. The van der Waals surface area contributed by atoms with Crippen LogP contribution >= 0.6 is 11.6 Å². The number of primary amides is 1. The molecule has 2 amide bonds. The van der Waals surface area contributed by atoms with Gasteiger partial charge in [0.05, 0.1) is 5.02 Å². The maximum absolute atomic E-state index is 14.3. The molecule has 1 atom stereocenters. The zero-order valence-electron chi connectivity index (χ0n) is 16.9. The summed E-state index contributed by atoms with van der Waals surface area (Å²) in [6, 6.07) is 16.1. The number of amides is 2. The summed E-state index contributed by atoms with van der Waals surface area (Å²) in [5, 5.41) is 0.294. The van der Waals surface area contributed by atoms with Gasteiger partial charge < -0.3 is 15.4 Å². The first-order chi connectivity index (χ1) is 15.4. The molecule has 2 N–H and O–H groups in total. The van der Waals surface area contributed by atoms with Gasteiger partial charge in [-0.05, 0) is 54.7 Å². The zero-order chi connectivity index (χ0) is 22.8. The minimum Gasteiger partial charge on any atom is -0.450 e. The van der Waals surface area contributed by atoms with Gasteiger partial charge in [0.15, 0.2) is 11.6 Å². The van der Waals surface area contributed by atoms with Gasteiger partial charge in [-0.3, -0.25) is 14.6 Å². The molecule has 3 aromatic rings. The molecule has 8 heteroatoms. The van der Waals surface area contributed by atoms with Gasteiger partial charge in [-0.1, -0.05) is 29.8 Å². The molecule has 1 fully saturated rings. The molecule has 1 aliphatic heterocycles. The lowest BCUT2D eigenvalue weighted by Gasteiger charge is -2.18. The minimum absolute atomic E-state index is 0.0751. The van der Waals surface area contributed by atoms with Crippen molar-refractivity contribution in [2.75, 3.05) is 11.4 Å². The first-order valence-corrected chi connectivity index (χ1v) is 10.2. The SMILES string of the molecule is C=Nc1cccc(F)c1Oc1cc([C@H]2CC(=O)N(c3cccc(C(N)=O)c3)C2)ccc1Cl. The Morgan fingerprint density at radius 1 is 1.19 bits per heavy atom. The smallest absolute Gasteiger partial charge is 0.248 e. The second-order valence-corrected chi connectivity index (χ2v) is 7.77. The number of benzene rings is 3. The van der Waals surface area contributed by atoms with Crippen LogP contribution in [0.25, 0.3) is 0 Å². The Balaban J connectivity index is 1.61. The standard InChI is InChI=1S/C24H19ClFN3O3/c1-28-20-7-3-6-19(26)23(20)32-21-11-14(8-9-18(21)25)16-12-22(30)29(13-16)17-5-2-4-15(10-17)24(27)31/h2-11,16H,1,12-13H2,(H2,27,31)/t16-/m0/s1. The average molecular weight is 452 g/mol. The van der Waals surface area contributed by atoms with Crippen LogP contribution in [0, 0.1) is 5.82 Å². The van der Waals surface area contributed by atoms with Crippen molar-refractivity contribution in [3.8, 4) is 11.5 Å². The largest absolute Gasteiger partial charge is 0.450 e. The number of aliphatic imine (C=N–C) groups is 1. The number of anilines is 1. The molecule has 1 aliphatic rings. The zero-order valence-corrected chi connectivity index (χ0v) is 17.7. The molecule has 0 spiro atoms. The van der Waals surface area contributed by atoms with Gasteiger partial charge in [0, 0.05) is 30.1 Å². The summed E-state index contributed by atoms with van der Waals surface area (Å²) in [6.07, 6.45) is 0.265. The molecule has 0 bridgehead atoms. The number of para-hydroxylation sites is 1. The average Bonchev–Trinajstić information content (AvgIpc) is 3.18. The lowest BCUT2D eigenvalue weighted by atomic mass is 9.98. The van der Waals surface area contributed by atoms with Crippen molar-refractivity contribution in [1.29, 1.82) is 0 Å². The van der Waals surface area contributed by atoms with E-state index in [-0.39, 0.29) is 35.4 Å². The summed E-state index contributed by atoms with van der Waals surface area (Å²) in [6.45, 7) is 3.84. The highest BCUT2D eigenvalue weighted by molar-refractivity contribution is 6.32. The summed E-state index contributed by atoms with van der Waals surface area (Å²) >= 11 is 6.29. The third kappa shape index (κ3) is 4.20. The Morgan fingerprint density at radius 2 is 1.97 bits per heavy atom. The first-order valence-electron chi connectivity index (χ1n) is 9.80. The number of ether oxygens (including phenoxy) is 1. The number of nitrogens with two attached hydrogens (primary N) is 1. The van der Waals surface area contributed by atoms with Crippen molar-refractivity contribution in [3.05, 3.63) is 82.6 Å². The highest BCUT2D eigenvalue weighted by Gasteiger charge is 2.32. The van der Waals surface area contributed by atoms with Gasteiger partial charge in [0.2, 0.25) is 11.8 Å². The Labute approximate surface area is 189 Å². The molecular formula is C24H19ClFN3O3. The number of hydrogen-bond acceptors (Lipinski definition) is 4. The van der Waals surface area contributed by atoms with Crippen molar-refractivity contribution < 1.29 is 18.7 Å². The number of carbonyl (C=O) groups is 2. The molecule has 1 saturated heterocycles. The topological polar surface area (TPSA) is 85.0 Å². The van der Waals surface area contributed by atoms with Gasteiger partial charge in [0.25, 0.3) is 0 Å². The summed E-state index contributed by atoms with van der Waals surface area (Å²) in [4.78, 5) is 29.6. The van der Waals surface area contributed by atoms with E-state index >= 15 is 0 Å². The third-order valence-corrected chi connectivity index (χ3v) is 5.63. The lowest BCUT2D eigenvalue weighted by molar-refractivity contribution is -0.117. The number of rotatable bonds is 6. The molecule has 1 heterocycles. The molecule has 162 valence electrons. The molecule has 0 saturated carbocycles. The predicted octanol–water partition coefficient (Wildman–Crippen LogP) is 5.22. The van der Waals surface area contributed by atoms with Gasteiger partial charge >= 0.3 is 0 Å². The van der Waals surface area contributed by atoms with E-state index in [0.29, 0.717) is 22.8 Å². The summed E-state index contributed by atoms with van der Waals surface area (Å²) in [7, 11) is 0. The Morgan fingerprint density at radius 3 is 2.72 bits per heavy atom. The maximum atomic E-state index is 14.3. The molecule has 32 heavy (non-hydrogen) atoms. The molecule has 0 radical (unpaired) electrons. The second-order valence-electron chi connectivity index (χ2n) is 7.36. The monoisotopic (exact) mass is 451 g/mol. The number of hydrogen-bond donors (Lipinski definition) is 1. The summed E-state index contributed by atoms with van der Waals surface area (Å²) in [5.41, 5.74) is 7.36. The highest BCUT2D eigenvalue weighted by atomic mass is 35.5. The van der Waals surface area contributed by atoms with Crippen molar-refractivity contribution in [1.82, 2.24) is 0 Å². The minimum atomic E-state index is -0.590. The molecule has 0 aromatic heterocycles. The van der Waals surface area contributed by atoms with Crippen molar-refractivity contribution >= 4 is 41.5 Å². The predicted molar refractivity (Wildman–Crippen MR) is 122 cm³/mol. The summed E-state index contributed by atoms with van der Waals surface area (Å²) in [5.74, 6) is -1.20. The fourth-order valence-electron chi connectivity index (χ4n) is 3.69. The summed E-state index contributed by atoms with van der Waals surface area (Å²) < 4.78 is 20.0. The molecular weight excluding hydrogens is 433 g/mol. The van der Waals surface area contributed by atoms with Crippen LogP contribution in [0.1, 0.15) is 28.3 Å². The van der Waals surface area contributed by atoms with Gasteiger partial charge in [-0.25, -0.2) is 4.39 Å². The van der Waals surface area contributed by atoms with Crippen LogP contribution in [0.5, 0.6) is 11.5 Å². The Kier molecular flexibility index (Phi) is 5.92. The van der Waals surface area contributed by atoms with Crippen molar-refractivity contribution in [3.63, 3.8) is 0 Å². The maximum Gasteiger partial charge on any atom is 0.248 e. The first kappa shape index (κ1) is 21.5. The van der Waals surface area contributed by atoms with Gasteiger partial charge in [-0.2, -0.15) is 0 Å². The van der Waals surface area contributed by atoms with Crippen LogP contribution in [-0.4, -0.2) is 25.1 Å².